The third kappa shape index (κ3) is 4.86. The number of hydrogen-bond donors (Lipinski definition) is 2. The van der Waals surface area contributed by atoms with Crippen molar-refractivity contribution in [3.63, 3.8) is 0 Å². The minimum absolute atomic E-state index is 0.214. The Morgan fingerprint density at radius 3 is 2.53 bits per heavy atom. The number of carbonyl (C=O) groups is 1. The number of nitrogens with zero attached hydrogens (tertiary/aromatic N) is 1. The number of carbonyl (C=O) groups excluding carboxylic acids is 1. The topological polar surface area (TPSA) is 71.3 Å². The van der Waals surface area contributed by atoms with Crippen LogP contribution < -0.4 is 10.9 Å². The van der Waals surface area contributed by atoms with Gasteiger partial charge in [0.05, 0.1) is 22.3 Å². The third-order valence-corrected chi connectivity index (χ3v) is 6.19. The van der Waals surface area contributed by atoms with Gasteiger partial charge in [-0.2, -0.15) is 0 Å². The number of aromatic hydroxyl groups is 1. The van der Waals surface area contributed by atoms with Gasteiger partial charge in [0.15, 0.2) is 5.78 Å². The van der Waals surface area contributed by atoms with E-state index in [2.05, 4.69) is 5.32 Å². The maximum atomic E-state index is 12.9. The quantitative estimate of drug-likeness (QED) is 0.227. The number of fused-ring (bicyclic) bond motifs is 1. The molecule has 0 aliphatic rings. The second-order valence-corrected chi connectivity index (χ2v) is 8.68. The number of anilines is 1. The molecule has 0 saturated heterocycles. The molecule has 1 heterocycles. The zero-order chi connectivity index (χ0) is 24.2. The normalized spacial score (nSPS) is 12.2. The Kier molecular flexibility index (Phi) is 7.06. The lowest BCUT2D eigenvalue weighted by atomic mass is 10.0. The van der Waals surface area contributed by atoms with Crippen LogP contribution in [0, 0.1) is 0 Å². The molecule has 3 aromatic carbocycles. The molecule has 0 aliphatic heterocycles. The first-order chi connectivity index (χ1) is 16.4. The molecule has 4 aromatic rings. The first kappa shape index (κ1) is 23.6. The molecule has 0 aliphatic carbocycles. The molecule has 172 valence electrons. The van der Waals surface area contributed by atoms with Gasteiger partial charge in [0.2, 0.25) is 0 Å². The highest BCUT2D eigenvalue weighted by molar-refractivity contribution is 6.35. The fourth-order valence-corrected chi connectivity index (χ4v) is 4.20. The monoisotopic (exact) mass is 492 g/mol. The number of benzene rings is 3. The SMILES string of the molecule is Cn1c(=O)c(C(=O)/C=C/CC(Nc2cc(Cl)ccc2Cl)c2ccccc2)c(O)c2ccccc21. The van der Waals surface area contributed by atoms with Crippen LogP contribution in [0.15, 0.2) is 89.7 Å². The highest BCUT2D eigenvalue weighted by atomic mass is 35.5. The van der Waals surface area contributed by atoms with Crippen molar-refractivity contribution in [2.24, 2.45) is 7.05 Å². The molecule has 2 N–H and O–H groups in total. The average Bonchev–Trinajstić information content (AvgIpc) is 2.85. The standard InChI is InChI=1S/C27H22Cl2N2O3/c1-31-23-12-6-5-10-19(23)26(33)25(27(31)34)24(32)13-7-11-21(17-8-3-2-4-9-17)30-22-16-18(28)14-15-20(22)29/h2-10,12-16,21,30,33H,11H2,1H3/b13-7+. The number of pyridine rings is 1. The molecule has 5 nitrogen and oxygen atoms in total. The Labute approximate surface area is 206 Å². The van der Waals surface area contributed by atoms with E-state index in [-0.39, 0.29) is 17.4 Å². The minimum atomic E-state index is -0.559. The predicted octanol–water partition coefficient (Wildman–Crippen LogP) is 6.53. The molecule has 1 aromatic heterocycles. The summed E-state index contributed by atoms with van der Waals surface area (Å²) < 4.78 is 1.37. The largest absolute Gasteiger partial charge is 0.506 e. The van der Waals surface area contributed by atoms with E-state index >= 15 is 0 Å². The second kappa shape index (κ2) is 10.2. The van der Waals surface area contributed by atoms with Crippen LogP contribution >= 0.6 is 23.2 Å². The van der Waals surface area contributed by atoms with E-state index < -0.39 is 11.3 Å². The van der Waals surface area contributed by atoms with E-state index in [4.69, 9.17) is 23.2 Å². The number of nitrogens with one attached hydrogen (secondary N) is 1. The van der Waals surface area contributed by atoms with Crippen LogP contribution in [-0.4, -0.2) is 15.5 Å². The number of para-hydroxylation sites is 1. The predicted molar refractivity (Wildman–Crippen MR) is 138 cm³/mol. The smallest absolute Gasteiger partial charge is 0.265 e. The number of ketones is 1. The van der Waals surface area contributed by atoms with Gasteiger partial charge >= 0.3 is 0 Å². The van der Waals surface area contributed by atoms with Crippen molar-refractivity contribution in [2.45, 2.75) is 12.5 Å². The number of rotatable bonds is 7. The molecule has 0 saturated carbocycles. The molecule has 0 radical (unpaired) electrons. The third-order valence-electron chi connectivity index (χ3n) is 5.62. The molecule has 4 rings (SSSR count). The van der Waals surface area contributed by atoms with Crippen LogP contribution in [0.1, 0.15) is 28.4 Å². The maximum absolute atomic E-state index is 12.9. The van der Waals surface area contributed by atoms with Gasteiger partial charge in [-0.05, 0) is 48.4 Å². The number of allylic oxidation sites excluding steroid dienone is 1. The molecular weight excluding hydrogens is 471 g/mol. The van der Waals surface area contributed by atoms with E-state index in [0.717, 1.165) is 5.56 Å². The molecule has 34 heavy (non-hydrogen) atoms. The summed E-state index contributed by atoms with van der Waals surface area (Å²) in [6.45, 7) is 0. The summed E-state index contributed by atoms with van der Waals surface area (Å²) in [6.07, 6.45) is 3.43. The van der Waals surface area contributed by atoms with Gasteiger partial charge < -0.3 is 15.0 Å². The zero-order valence-electron chi connectivity index (χ0n) is 18.3. The summed E-state index contributed by atoms with van der Waals surface area (Å²) in [5, 5.41) is 15.6. The average molecular weight is 493 g/mol. The molecule has 0 fully saturated rings. The van der Waals surface area contributed by atoms with Gasteiger partial charge in [-0.15, -0.1) is 0 Å². The molecule has 7 heteroatoms. The Hall–Kier alpha value is -3.54. The van der Waals surface area contributed by atoms with Crippen LogP contribution in [-0.2, 0) is 7.05 Å². The molecule has 1 atom stereocenters. The van der Waals surface area contributed by atoms with E-state index in [1.807, 2.05) is 30.3 Å². The Morgan fingerprint density at radius 2 is 1.76 bits per heavy atom. The van der Waals surface area contributed by atoms with Crippen LogP contribution in [0.4, 0.5) is 5.69 Å². The van der Waals surface area contributed by atoms with E-state index in [0.29, 0.717) is 33.1 Å². The van der Waals surface area contributed by atoms with Crippen molar-refractivity contribution in [3.8, 4) is 5.75 Å². The van der Waals surface area contributed by atoms with Gasteiger partial charge in [-0.3, -0.25) is 9.59 Å². The molecule has 0 bridgehead atoms. The lowest BCUT2D eigenvalue weighted by Gasteiger charge is -2.20. The summed E-state index contributed by atoms with van der Waals surface area (Å²) in [5.41, 5.74) is 1.41. The first-order valence-electron chi connectivity index (χ1n) is 10.6. The molecule has 1 unspecified atom stereocenters. The van der Waals surface area contributed by atoms with Gasteiger partial charge in [0.25, 0.3) is 5.56 Å². The molecular formula is C27H22Cl2N2O3. The van der Waals surface area contributed by atoms with Crippen LogP contribution in [0.25, 0.3) is 10.9 Å². The fourth-order valence-electron chi connectivity index (χ4n) is 3.86. The molecule has 0 spiro atoms. The van der Waals surface area contributed by atoms with Crippen molar-refractivity contribution < 1.29 is 9.90 Å². The van der Waals surface area contributed by atoms with Gasteiger partial charge in [0, 0.05) is 17.5 Å². The van der Waals surface area contributed by atoms with Crippen LogP contribution in [0.3, 0.4) is 0 Å². The summed E-state index contributed by atoms with van der Waals surface area (Å²) >= 11 is 12.5. The highest BCUT2D eigenvalue weighted by Crippen LogP contribution is 2.31. The van der Waals surface area contributed by atoms with E-state index in [1.165, 1.54) is 10.6 Å². The first-order valence-corrected chi connectivity index (χ1v) is 11.4. The number of aromatic nitrogens is 1. The Balaban J connectivity index is 1.62. The fraction of sp³-hybridized carbons (Fsp3) is 0.111. The van der Waals surface area contributed by atoms with Gasteiger partial charge in [0.1, 0.15) is 11.3 Å². The van der Waals surface area contributed by atoms with E-state index in [9.17, 15) is 14.7 Å². The second-order valence-electron chi connectivity index (χ2n) is 7.84. The van der Waals surface area contributed by atoms with Crippen molar-refractivity contribution in [1.29, 1.82) is 0 Å². The van der Waals surface area contributed by atoms with Crippen LogP contribution in [0.2, 0.25) is 10.0 Å². The zero-order valence-corrected chi connectivity index (χ0v) is 19.8. The van der Waals surface area contributed by atoms with Crippen molar-refractivity contribution >= 4 is 45.6 Å². The summed E-state index contributed by atoms with van der Waals surface area (Å²) in [7, 11) is 1.58. The highest BCUT2D eigenvalue weighted by Gasteiger charge is 2.19. The summed E-state index contributed by atoms with van der Waals surface area (Å²) in [6, 6.07) is 21.6. The number of aryl methyl sites for hydroxylation is 1. The Bertz CT molecular complexity index is 1450. The lowest BCUT2D eigenvalue weighted by Crippen LogP contribution is -2.24. The van der Waals surface area contributed by atoms with Crippen molar-refractivity contribution in [3.05, 3.63) is 116 Å². The van der Waals surface area contributed by atoms with Crippen molar-refractivity contribution in [1.82, 2.24) is 4.57 Å². The maximum Gasteiger partial charge on any atom is 0.265 e. The summed E-state index contributed by atoms with van der Waals surface area (Å²) in [5.74, 6) is -0.867. The Morgan fingerprint density at radius 1 is 1.06 bits per heavy atom. The lowest BCUT2D eigenvalue weighted by molar-refractivity contribution is 0.104. The number of hydrogen-bond acceptors (Lipinski definition) is 4. The van der Waals surface area contributed by atoms with Crippen LogP contribution in [0.5, 0.6) is 5.75 Å². The van der Waals surface area contributed by atoms with Crippen molar-refractivity contribution in [2.75, 3.05) is 5.32 Å². The van der Waals surface area contributed by atoms with E-state index in [1.54, 1.807) is 55.6 Å². The molecule has 0 amide bonds. The summed E-state index contributed by atoms with van der Waals surface area (Å²) in [4.78, 5) is 25.7. The van der Waals surface area contributed by atoms with Gasteiger partial charge in [-0.1, -0.05) is 71.7 Å². The van der Waals surface area contributed by atoms with Gasteiger partial charge in [-0.25, -0.2) is 0 Å². The minimum Gasteiger partial charge on any atom is -0.506 e. The number of halogens is 2.